The summed E-state index contributed by atoms with van der Waals surface area (Å²) in [7, 11) is 0. The molecule has 0 rings (SSSR count). The number of carboxylic acid groups (broad SMARTS) is 1. The number of hydrogen-bond acceptors (Lipinski definition) is 2. The molecule has 21 heavy (non-hydrogen) atoms. The highest BCUT2D eigenvalue weighted by atomic mass is 16.4. The van der Waals surface area contributed by atoms with Gasteiger partial charge in [0.2, 0.25) is 0 Å². The molecule has 0 unspecified atom stereocenters. The molecule has 0 bridgehead atoms. The predicted octanol–water partition coefficient (Wildman–Crippen LogP) is 5.77. The smallest absolute Gasteiger partial charge is 0.303 e. The largest absolute Gasteiger partial charge is 0.512 e. The van der Waals surface area contributed by atoms with Gasteiger partial charge in [-0.05, 0) is 31.8 Å². The Bertz CT molecular complexity index is 306. The first kappa shape index (κ1) is 19.8. The van der Waals surface area contributed by atoms with Crippen LogP contribution in [-0.2, 0) is 4.79 Å². The number of aliphatic hydroxyl groups excluding tert-OH is 1. The molecule has 3 heteroatoms. The summed E-state index contributed by atoms with van der Waals surface area (Å²) in [5.41, 5.74) is 0. The molecule has 0 aliphatic carbocycles. The van der Waals surface area contributed by atoms with Gasteiger partial charge < -0.3 is 10.2 Å². The Morgan fingerprint density at radius 3 is 2.14 bits per heavy atom. The second kappa shape index (κ2) is 15.1. The number of aliphatic carboxylic acids is 1. The topological polar surface area (TPSA) is 57.5 Å². The van der Waals surface area contributed by atoms with Gasteiger partial charge in [-0.15, -0.1) is 0 Å². The molecule has 3 nitrogen and oxygen atoms in total. The number of hydrogen-bond donors (Lipinski definition) is 2. The minimum Gasteiger partial charge on any atom is -0.512 e. The highest BCUT2D eigenvalue weighted by molar-refractivity contribution is 5.66. The lowest BCUT2D eigenvalue weighted by Crippen LogP contribution is -1.93. The molecule has 0 aliphatic heterocycles. The van der Waals surface area contributed by atoms with Gasteiger partial charge in [0.05, 0.1) is 5.76 Å². The van der Waals surface area contributed by atoms with Crippen molar-refractivity contribution in [2.75, 3.05) is 0 Å². The quantitative estimate of drug-likeness (QED) is 0.243. The zero-order chi connectivity index (χ0) is 15.8. The monoisotopic (exact) mass is 296 g/mol. The molecule has 0 aromatic rings. The van der Waals surface area contributed by atoms with Crippen molar-refractivity contribution < 1.29 is 15.0 Å². The lowest BCUT2D eigenvalue weighted by molar-refractivity contribution is -0.137. The number of unbranched alkanes of at least 4 members (excludes halogenated alkanes) is 8. The maximum Gasteiger partial charge on any atom is 0.303 e. The van der Waals surface area contributed by atoms with Crippen molar-refractivity contribution in [1.82, 2.24) is 0 Å². The summed E-state index contributed by atoms with van der Waals surface area (Å²) in [6, 6.07) is 0. The second-order valence-electron chi connectivity index (χ2n) is 5.60. The molecule has 0 saturated carbocycles. The zero-order valence-corrected chi connectivity index (χ0v) is 13.5. The summed E-state index contributed by atoms with van der Waals surface area (Å²) in [5, 5.41) is 18.2. The molecule has 122 valence electrons. The zero-order valence-electron chi connectivity index (χ0n) is 13.5. The van der Waals surface area contributed by atoms with Gasteiger partial charge in [0, 0.05) is 12.8 Å². The Morgan fingerprint density at radius 1 is 0.857 bits per heavy atom. The van der Waals surface area contributed by atoms with Crippen LogP contribution < -0.4 is 0 Å². The van der Waals surface area contributed by atoms with Crippen LogP contribution in [0.15, 0.2) is 24.0 Å². The van der Waals surface area contributed by atoms with Gasteiger partial charge in [0.25, 0.3) is 0 Å². The molecule has 0 spiro atoms. The van der Waals surface area contributed by atoms with Crippen molar-refractivity contribution in [3.8, 4) is 0 Å². The van der Waals surface area contributed by atoms with E-state index in [9.17, 15) is 9.90 Å². The minimum absolute atomic E-state index is 0.272. The fourth-order valence-electron chi connectivity index (χ4n) is 2.16. The first-order valence-corrected chi connectivity index (χ1v) is 8.43. The molecule has 0 aromatic carbocycles. The van der Waals surface area contributed by atoms with Crippen molar-refractivity contribution in [1.29, 1.82) is 0 Å². The maximum absolute atomic E-state index is 10.3. The Labute approximate surface area is 129 Å². The highest BCUT2D eigenvalue weighted by Gasteiger charge is 1.97. The lowest BCUT2D eigenvalue weighted by Gasteiger charge is -2.00. The van der Waals surface area contributed by atoms with E-state index in [1.165, 1.54) is 25.7 Å². The van der Waals surface area contributed by atoms with Crippen LogP contribution in [0, 0.1) is 0 Å². The normalized spacial score (nSPS) is 12.1. The van der Waals surface area contributed by atoms with E-state index < -0.39 is 5.97 Å². The molecule has 0 aromatic heterocycles. The molecule has 0 aliphatic rings. The summed E-state index contributed by atoms with van der Waals surface area (Å²) in [6.07, 6.45) is 17.9. The molecule has 0 radical (unpaired) electrons. The van der Waals surface area contributed by atoms with E-state index in [1.807, 2.05) is 6.08 Å². The highest BCUT2D eigenvalue weighted by Crippen LogP contribution is 2.10. The SMILES string of the molecule is CCCCCC/C=C/C=C(\O)CCCCCCCC(=O)O. The molecule has 2 N–H and O–H groups in total. The first-order chi connectivity index (χ1) is 10.2. The summed E-state index contributed by atoms with van der Waals surface area (Å²) in [4.78, 5) is 10.3. The van der Waals surface area contributed by atoms with Gasteiger partial charge in [-0.3, -0.25) is 4.79 Å². The van der Waals surface area contributed by atoms with Gasteiger partial charge >= 0.3 is 5.97 Å². The van der Waals surface area contributed by atoms with Crippen LogP contribution in [0.4, 0.5) is 0 Å². The van der Waals surface area contributed by atoms with Crippen molar-refractivity contribution in [3.63, 3.8) is 0 Å². The molecular formula is C18H32O3. The van der Waals surface area contributed by atoms with Gasteiger partial charge in [-0.25, -0.2) is 0 Å². The fourth-order valence-corrected chi connectivity index (χ4v) is 2.16. The Kier molecular flexibility index (Phi) is 14.2. The third-order valence-corrected chi connectivity index (χ3v) is 3.47. The first-order valence-electron chi connectivity index (χ1n) is 8.43. The Hall–Kier alpha value is -1.25. The molecule has 0 amide bonds. The maximum atomic E-state index is 10.3. The van der Waals surface area contributed by atoms with E-state index in [4.69, 9.17) is 5.11 Å². The van der Waals surface area contributed by atoms with Crippen LogP contribution >= 0.6 is 0 Å². The summed E-state index contributed by atoms with van der Waals surface area (Å²) < 4.78 is 0. The van der Waals surface area contributed by atoms with E-state index in [0.717, 1.165) is 44.9 Å². The van der Waals surface area contributed by atoms with E-state index >= 15 is 0 Å². The third-order valence-electron chi connectivity index (χ3n) is 3.47. The predicted molar refractivity (Wildman–Crippen MR) is 88.6 cm³/mol. The molecule has 0 saturated heterocycles. The summed E-state index contributed by atoms with van der Waals surface area (Å²) in [5.74, 6) is -0.262. The van der Waals surface area contributed by atoms with Crippen molar-refractivity contribution in [3.05, 3.63) is 24.0 Å². The molecule has 0 fully saturated rings. The fraction of sp³-hybridized carbons (Fsp3) is 0.722. The van der Waals surface area contributed by atoms with Crippen LogP contribution in [0.5, 0.6) is 0 Å². The number of carboxylic acids is 1. The average Bonchev–Trinajstić information content (AvgIpc) is 2.45. The van der Waals surface area contributed by atoms with E-state index in [-0.39, 0.29) is 6.42 Å². The van der Waals surface area contributed by atoms with Crippen molar-refractivity contribution in [2.45, 2.75) is 84.0 Å². The minimum atomic E-state index is -0.711. The van der Waals surface area contributed by atoms with E-state index in [0.29, 0.717) is 5.76 Å². The van der Waals surface area contributed by atoms with Gasteiger partial charge in [0.1, 0.15) is 0 Å². The average molecular weight is 296 g/mol. The molecule has 0 heterocycles. The number of rotatable bonds is 14. The summed E-state index contributed by atoms with van der Waals surface area (Å²) >= 11 is 0. The van der Waals surface area contributed by atoms with Crippen LogP contribution in [0.25, 0.3) is 0 Å². The van der Waals surface area contributed by atoms with Crippen LogP contribution in [0.1, 0.15) is 84.0 Å². The van der Waals surface area contributed by atoms with E-state index in [2.05, 4.69) is 13.0 Å². The third kappa shape index (κ3) is 16.7. The van der Waals surface area contributed by atoms with Gasteiger partial charge in [0.15, 0.2) is 0 Å². The second-order valence-corrected chi connectivity index (χ2v) is 5.60. The van der Waals surface area contributed by atoms with Gasteiger partial charge in [-0.2, -0.15) is 0 Å². The lowest BCUT2D eigenvalue weighted by atomic mass is 10.1. The van der Waals surface area contributed by atoms with Crippen molar-refractivity contribution >= 4 is 5.97 Å². The Morgan fingerprint density at radius 2 is 1.48 bits per heavy atom. The number of allylic oxidation sites excluding steroid dienone is 4. The number of carbonyl (C=O) groups is 1. The van der Waals surface area contributed by atoms with Crippen LogP contribution in [-0.4, -0.2) is 16.2 Å². The standard InChI is InChI=1S/C18H32O3/c1-2-3-4-5-6-8-11-14-17(19)15-12-9-7-10-13-16-18(20)21/h8,11,14,19H,2-7,9-10,12-13,15-16H2,1H3,(H,20,21)/b11-8+,17-14-. The number of aliphatic hydroxyl groups is 1. The van der Waals surface area contributed by atoms with E-state index in [1.54, 1.807) is 6.08 Å². The van der Waals surface area contributed by atoms with Crippen molar-refractivity contribution in [2.24, 2.45) is 0 Å². The molecule has 0 atom stereocenters. The Balaban J connectivity index is 3.43. The summed E-state index contributed by atoms with van der Waals surface area (Å²) in [6.45, 7) is 2.21. The van der Waals surface area contributed by atoms with Crippen LogP contribution in [0.3, 0.4) is 0 Å². The van der Waals surface area contributed by atoms with Crippen LogP contribution in [0.2, 0.25) is 0 Å². The molecular weight excluding hydrogens is 264 g/mol. The van der Waals surface area contributed by atoms with Gasteiger partial charge in [-0.1, -0.05) is 57.6 Å².